The van der Waals surface area contributed by atoms with Crippen molar-refractivity contribution in [3.63, 3.8) is 0 Å². The van der Waals surface area contributed by atoms with Crippen LogP contribution >= 0.6 is 23.4 Å². The Labute approximate surface area is 101 Å². The lowest BCUT2D eigenvalue weighted by molar-refractivity contribution is 0.768. The first kappa shape index (κ1) is 12.8. The van der Waals surface area contributed by atoms with Crippen molar-refractivity contribution < 1.29 is 0 Å². The molecule has 0 amide bonds. The van der Waals surface area contributed by atoms with Crippen LogP contribution in [0.4, 0.5) is 0 Å². The fourth-order valence-electron chi connectivity index (χ4n) is 1.12. The fourth-order valence-corrected chi connectivity index (χ4v) is 2.09. The molecule has 1 aromatic rings. The molecule has 0 saturated carbocycles. The van der Waals surface area contributed by atoms with Gasteiger partial charge in [0.2, 0.25) is 0 Å². The van der Waals surface area contributed by atoms with Gasteiger partial charge in [-0.15, -0.1) is 11.6 Å². The number of alkyl halides is 1. The summed E-state index contributed by atoms with van der Waals surface area (Å²) in [5.41, 5.74) is 2.13. The first-order chi connectivity index (χ1) is 7.02. The van der Waals surface area contributed by atoms with E-state index in [2.05, 4.69) is 30.7 Å². The fraction of sp³-hybridized carbons (Fsp3) is 0.636. The molecule has 0 N–H and O–H groups in total. The quantitative estimate of drug-likeness (QED) is 0.460. The van der Waals surface area contributed by atoms with Crippen molar-refractivity contribution in [2.24, 2.45) is 0 Å². The number of nitrogens with zero attached hydrogens (tertiary/aromatic N) is 2. The first-order valence-electron chi connectivity index (χ1n) is 5.11. The highest BCUT2D eigenvalue weighted by Gasteiger charge is 2.09. The number of aromatic nitrogens is 2. The normalized spacial score (nSPS) is 13.2. The van der Waals surface area contributed by atoms with Crippen molar-refractivity contribution in [3.8, 4) is 0 Å². The lowest BCUT2D eigenvalue weighted by Crippen LogP contribution is -2.03. The van der Waals surface area contributed by atoms with Crippen LogP contribution < -0.4 is 0 Å². The van der Waals surface area contributed by atoms with Crippen molar-refractivity contribution in [3.05, 3.63) is 17.5 Å². The third-order valence-corrected chi connectivity index (χ3v) is 3.58. The number of halogens is 1. The number of hydrogen-bond acceptors (Lipinski definition) is 3. The lowest BCUT2D eigenvalue weighted by Gasteiger charge is -2.10. The Kier molecular flexibility index (Phi) is 4.87. The summed E-state index contributed by atoms with van der Waals surface area (Å²) < 4.78 is 0. The van der Waals surface area contributed by atoms with Crippen LogP contribution in [0.25, 0.3) is 0 Å². The highest BCUT2D eigenvalue weighted by molar-refractivity contribution is 7.99. The highest BCUT2D eigenvalue weighted by atomic mass is 35.5. The van der Waals surface area contributed by atoms with Gasteiger partial charge in [-0.1, -0.05) is 32.5 Å². The van der Waals surface area contributed by atoms with Gasteiger partial charge in [0.05, 0.1) is 0 Å². The van der Waals surface area contributed by atoms with Crippen molar-refractivity contribution in [1.29, 1.82) is 0 Å². The summed E-state index contributed by atoms with van der Waals surface area (Å²) in [7, 11) is 0. The molecule has 0 aliphatic carbocycles. The van der Waals surface area contributed by atoms with E-state index in [0.29, 0.717) is 17.0 Å². The Morgan fingerprint density at radius 1 is 1.33 bits per heavy atom. The van der Waals surface area contributed by atoms with Gasteiger partial charge in [-0.2, -0.15) is 0 Å². The van der Waals surface area contributed by atoms with Gasteiger partial charge < -0.3 is 0 Å². The van der Waals surface area contributed by atoms with Gasteiger partial charge in [-0.05, 0) is 18.9 Å². The Morgan fingerprint density at radius 3 is 2.53 bits per heavy atom. The van der Waals surface area contributed by atoms with Gasteiger partial charge in [0.15, 0.2) is 5.16 Å². The van der Waals surface area contributed by atoms with Crippen molar-refractivity contribution in [2.75, 3.05) is 5.88 Å². The predicted molar refractivity (Wildman–Crippen MR) is 66.9 cm³/mol. The average molecular weight is 245 g/mol. The lowest BCUT2D eigenvalue weighted by atomic mass is 10.1. The second-order valence-electron chi connectivity index (χ2n) is 3.95. The van der Waals surface area contributed by atoms with E-state index >= 15 is 0 Å². The number of aryl methyl sites for hydroxylation is 1. The third kappa shape index (κ3) is 3.99. The SMILES string of the molecule is Cc1cc(C(C)C)nc(SC(C)CCl)n1. The van der Waals surface area contributed by atoms with Gasteiger partial charge in [-0.25, -0.2) is 9.97 Å². The zero-order valence-electron chi connectivity index (χ0n) is 9.62. The van der Waals surface area contributed by atoms with Gasteiger partial charge in [-0.3, -0.25) is 0 Å². The molecule has 0 radical (unpaired) electrons. The molecular formula is C11H17ClN2S. The van der Waals surface area contributed by atoms with Crippen molar-refractivity contribution >= 4 is 23.4 Å². The molecule has 1 heterocycles. The summed E-state index contributed by atoms with van der Waals surface area (Å²) in [6.07, 6.45) is 0. The van der Waals surface area contributed by atoms with Crippen LogP contribution in [-0.2, 0) is 0 Å². The summed E-state index contributed by atoms with van der Waals surface area (Å²) in [4.78, 5) is 8.91. The van der Waals surface area contributed by atoms with E-state index in [1.54, 1.807) is 11.8 Å². The second kappa shape index (κ2) is 5.71. The van der Waals surface area contributed by atoms with Gasteiger partial charge in [0.1, 0.15) is 0 Å². The topological polar surface area (TPSA) is 25.8 Å². The number of rotatable bonds is 4. The van der Waals surface area contributed by atoms with Gasteiger partial charge in [0, 0.05) is 22.5 Å². The molecule has 0 aromatic carbocycles. The van der Waals surface area contributed by atoms with E-state index in [-0.39, 0.29) is 0 Å². The minimum Gasteiger partial charge on any atom is -0.228 e. The molecule has 0 aliphatic rings. The van der Waals surface area contributed by atoms with E-state index in [0.717, 1.165) is 16.5 Å². The molecular weight excluding hydrogens is 228 g/mol. The molecule has 2 nitrogen and oxygen atoms in total. The monoisotopic (exact) mass is 244 g/mol. The molecule has 84 valence electrons. The van der Waals surface area contributed by atoms with E-state index in [1.807, 2.05) is 13.0 Å². The second-order valence-corrected chi connectivity index (χ2v) is 5.67. The molecule has 4 heteroatoms. The van der Waals surface area contributed by atoms with E-state index in [1.165, 1.54) is 0 Å². The molecule has 0 bridgehead atoms. The summed E-state index contributed by atoms with van der Waals surface area (Å²) in [5, 5.41) is 1.19. The maximum Gasteiger partial charge on any atom is 0.188 e. The average Bonchev–Trinajstić information content (AvgIpc) is 2.16. The van der Waals surface area contributed by atoms with Crippen LogP contribution in [0.3, 0.4) is 0 Å². The molecule has 1 aromatic heterocycles. The van der Waals surface area contributed by atoms with E-state index < -0.39 is 0 Å². The largest absolute Gasteiger partial charge is 0.228 e. The zero-order valence-corrected chi connectivity index (χ0v) is 11.2. The summed E-state index contributed by atoms with van der Waals surface area (Å²) in [5.74, 6) is 1.07. The van der Waals surface area contributed by atoms with Crippen LogP contribution in [0.2, 0.25) is 0 Å². The van der Waals surface area contributed by atoms with Crippen molar-refractivity contribution in [2.45, 2.75) is 44.0 Å². The molecule has 15 heavy (non-hydrogen) atoms. The van der Waals surface area contributed by atoms with Gasteiger partial charge in [0.25, 0.3) is 0 Å². The van der Waals surface area contributed by atoms with Crippen LogP contribution in [0.1, 0.15) is 38.1 Å². The molecule has 0 aliphatic heterocycles. The molecule has 1 unspecified atom stereocenters. The standard InChI is InChI=1S/C11H17ClN2S/c1-7(2)10-5-8(3)13-11(14-10)15-9(4)6-12/h5,7,9H,6H2,1-4H3. The third-order valence-electron chi connectivity index (χ3n) is 1.97. The minimum atomic E-state index is 0.355. The smallest absolute Gasteiger partial charge is 0.188 e. The van der Waals surface area contributed by atoms with Crippen LogP contribution in [-0.4, -0.2) is 21.1 Å². The van der Waals surface area contributed by atoms with Crippen LogP contribution in [0.15, 0.2) is 11.2 Å². The summed E-state index contributed by atoms with van der Waals surface area (Å²) in [6.45, 7) is 8.36. The summed E-state index contributed by atoms with van der Waals surface area (Å²) in [6, 6.07) is 2.04. The molecule has 0 fully saturated rings. The predicted octanol–water partition coefficient (Wildman–Crippen LogP) is 3.63. The summed E-state index contributed by atoms with van der Waals surface area (Å²) >= 11 is 7.40. The Hall–Kier alpha value is -0.280. The minimum absolute atomic E-state index is 0.355. The Balaban J connectivity index is 2.88. The van der Waals surface area contributed by atoms with E-state index in [4.69, 9.17) is 11.6 Å². The van der Waals surface area contributed by atoms with Gasteiger partial charge >= 0.3 is 0 Å². The van der Waals surface area contributed by atoms with Crippen molar-refractivity contribution in [1.82, 2.24) is 9.97 Å². The number of hydrogen-bond donors (Lipinski definition) is 0. The van der Waals surface area contributed by atoms with Crippen LogP contribution in [0, 0.1) is 6.92 Å². The van der Waals surface area contributed by atoms with Crippen LogP contribution in [0.5, 0.6) is 0 Å². The number of thioether (sulfide) groups is 1. The zero-order chi connectivity index (χ0) is 11.4. The maximum absolute atomic E-state index is 5.77. The highest BCUT2D eigenvalue weighted by Crippen LogP contribution is 2.22. The molecule has 1 rings (SSSR count). The Morgan fingerprint density at radius 2 is 2.00 bits per heavy atom. The first-order valence-corrected chi connectivity index (χ1v) is 6.52. The molecule has 1 atom stereocenters. The molecule has 0 spiro atoms. The molecule has 0 saturated heterocycles. The van der Waals surface area contributed by atoms with E-state index in [9.17, 15) is 0 Å². The Bertz CT molecular complexity index is 328. The maximum atomic E-state index is 5.77.